The van der Waals surface area contributed by atoms with E-state index in [1.165, 1.54) is 19.2 Å². The summed E-state index contributed by atoms with van der Waals surface area (Å²) >= 11 is 3.00. The maximum Gasteiger partial charge on any atom is 0.417 e. The number of nitrogens with one attached hydrogen (secondary N) is 1. The van der Waals surface area contributed by atoms with Crippen molar-refractivity contribution in [3.63, 3.8) is 0 Å². The van der Waals surface area contributed by atoms with Gasteiger partial charge in [0.1, 0.15) is 0 Å². The minimum Gasteiger partial charge on any atom is -0.341 e. The van der Waals surface area contributed by atoms with Gasteiger partial charge < -0.3 is 9.84 Å². The molecule has 0 radical (unpaired) electrons. The summed E-state index contributed by atoms with van der Waals surface area (Å²) in [7, 11) is 1.53. The SMILES string of the molecule is CNc1nc(-c2ccc(Br)cc2C(F)(F)F)no1. The highest BCUT2D eigenvalue weighted by Gasteiger charge is 2.35. The van der Waals surface area contributed by atoms with Crippen LogP contribution in [0.5, 0.6) is 0 Å². The molecule has 1 aromatic carbocycles. The highest BCUT2D eigenvalue weighted by atomic mass is 79.9. The second kappa shape index (κ2) is 4.60. The van der Waals surface area contributed by atoms with Gasteiger partial charge in [-0.15, -0.1) is 0 Å². The standard InChI is InChI=1S/C10H7BrF3N3O/c1-15-9-16-8(17-18-9)6-3-2-5(11)4-7(6)10(12,13)14/h2-4H,1H3,(H,15,16,17). The summed E-state index contributed by atoms with van der Waals surface area (Å²) in [6.07, 6.45) is -4.49. The molecule has 1 heterocycles. The molecule has 4 nitrogen and oxygen atoms in total. The fourth-order valence-electron chi connectivity index (χ4n) is 1.38. The van der Waals surface area contributed by atoms with Crippen LogP contribution in [0, 0.1) is 0 Å². The average Bonchev–Trinajstić information content (AvgIpc) is 2.76. The van der Waals surface area contributed by atoms with Crippen molar-refractivity contribution in [2.75, 3.05) is 12.4 Å². The van der Waals surface area contributed by atoms with Crippen LogP contribution in [0.2, 0.25) is 0 Å². The first kappa shape index (κ1) is 12.9. The molecule has 0 aliphatic rings. The van der Waals surface area contributed by atoms with E-state index in [4.69, 9.17) is 4.52 Å². The number of halogens is 4. The fourth-order valence-corrected chi connectivity index (χ4v) is 1.74. The van der Waals surface area contributed by atoms with Crippen LogP contribution in [-0.2, 0) is 6.18 Å². The molecule has 2 rings (SSSR count). The minimum absolute atomic E-state index is 0.0565. The molecule has 1 aromatic heterocycles. The Morgan fingerprint density at radius 1 is 1.33 bits per heavy atom. The third-order valence-electron chi connectivity index (χ3n) is 2.17. The number of hydrogen-bond donors (Lipinski definition) is 1. The second-order valence-electron chi connectivity index (χ2n) is 3.36. The molecule has 0 saturated heterocycles. The Kier molecular flexibility index (Phi) is 3.29. The van der Waals surface area contributed by atoms with Gasteiger partial charge in [-0.05, 0) is 18.2 Å². The quantitative estimate of drug-likeness (QED) is 0.918. The van der Waals surface area contributed by atoms with Crippen molar-refractivity contribution in [3.05, 3.63) is 28.2 Å². The van der Waals surface area contributed by atoms with Gasteiger partial charge in [0, 0.05) is 17.1 Å². The first-order valence-electron chi connectivity index (χ1n) is 4.80. The van der Waals surface area contributed by atoms with E-state index in [0.29, 0.717) is 4.47 Å². The summed E-state index contributed by atoms with van der Waals surface area (Å²) in [5, 5.41) is 6.05. The monoisotopic (exact) mass is 321 g/mol. The topological polar surface area (TPSA) is 51.0 Å². The Morgan fingerprint density at radius 3 is 2.61 bits per heavy atom. The molecule has 8 heteroatoms. The Bertz CT molecular complexity index is 568. The molecular weight excluding hydrogens is 315 g/mol. The van der Waals surface area contributed by atoms with Crippen LogP contribution >= 0.6 is 15.9 Å². The molecule has 1 N–H and O–H groups in total. The summed E-state index contributed by atoms with van der Waals surface area (Å²) < 4.78 is 43.7. The summed E-state index contributed by atoms with van der Waals surface area (Å²) in [4.78, 5) is 3.80. The lowest BCUT2D eigenvalue weighted by atomic mass is 10.1. The number of rotatable bonds is 2. The number of benzene rings is 1. The van der Waals surface area contributed by atoms with Gasteiger partial charge in [0.25, 0.3) is 0 Å². The van der Waals surface area contributed by atoms with Crippen LogP contribution in [0.1, 0.15) is 5.56 Å². The summed E-state index contributed by atoms with van der Waals surface area (Å²) in [6, 6.07) is 3.81. The van der Waals surface area contributed by atoms with Crippen LogP contribution in [0.15, 0.2) is 27.2 Å². The predicted octanol–water partition coefficient (Wildman–Crippen LogP) is 3.56. The molecule has 0 spiro atoms. The maximum absolute atomic E-state index is 12.9. The van der Waals surface area contributed by atoms with Gasteiger partial charge in [-0.2, -0.15) is 18.2 Å². The lowest BCUT2D eigenvalue weighted by molar-refractivity contribution is -0.137. The normalized spacial score (nSPS) is 11.6. The van der Waals surface area contributed by atoms with Gasteiger partial charge in [-0.3, -0.25) is 0 Å². The van der Waals surface area contributed by atoms with Crippen molar-refractivity contribution in [1.82, 2.24) is 10.1 Å². The van der Waals surface area contributed by atoms with Gasteiger partial charge in [0.2, 0.25) is 5.82 Å². The van der Waals surface area contributed by atoms with Crippen LogP contribution in [0.3, 0.4) is 0 Å². The van der Waals surface area contributed by atoms with Crippen molar-refractivity contribution in [3.8, 4) is 11.4 Å². The Balaban J connectivity index is 2.56. The molecule has 0 bridgehead atoms. The van der Waals surface area contributed by atoms with Crippen LogP contribution in [-0.4, -0.2) is 17.2 Å². The van der Waals surface area contributed by atoms with E-state index in [-0.39, 0.29) is 17.4 Å². The second-order valence-corrected chi connectivity index (χ2v) is 4.28. The highest BCUT2D eigenvalue weighted by molar-refractivity contribution is 9.10. The highest BCUT2D eigenvalue weighted by Crippen LogP contribution is 2.37. The van der Waals surface area contributed by atoms with Crippen LogP contribution in [0.4, 0.5) is 19.2 Å². The first-order valence-corrected chi connectivity index (χ1v) is 5.59. The molecule has 0 aliphatic carbocycles. The zero-order valence-corrected chi connectivity index (χ0v) is 10.6. The minimum atomic E-state index is -4.49. The Hall–Kier alpha value is -1.57. The average molecular weight is 322 g/mol. The lowest BCUT2D eigenvalue weighted by Crippen LogP contribution is -2.07. The largest absolute Gasteiger partial charge is 0.417 e. The predicted molar refractivity (Wildman–Crippen MR) is 62.0 cm³/mol. The molecule has 0 atom stereocenters. The van der Waals surface area contributed by atoms with Crippen molar-refractivity contribution in [1.29, 1.82) is 0 Å². The maximum atomic E-state index is 12.9. The Labute approximate surface area is 108 Å². The van der Waals surface area contributed by atoms with Crippen LogP contribution in [0.25, 0.3) is 11.4 Å². The van der Waals surface area contributed by atoms with E-state index < -0.39 is 11.7 Å². The van der Waals surface area contributed by atoms with E-state index >= 15 is 0 Å². The summed E-state index contributed by atoms with van der Waals surface area (Å²) in [6.45, 7) is 0. The van der Waals surface area contributed by atoms with Gasteiger partial charge in [-0.25, -0.2) is 0 Å². The van der Waals surface area contributed by atoms with Gasteiger partial charge in [-0.1, -0.05) is 21.1 Å². The van der Waals surface area contributed by atoms with Gasteiger partial charge in [0.15, 0.2) is 0 Å². The van der Waals surface area contributed by atoms with Crippen molar-refractivity contribution < 1.29 is 17.7 Å². The van der Waals surface area contributed by atoms with Gasteiger partial charge in [0.05, 0.1) is 5.56 Å². The summed E-state index contributed by atoms with van der Waals surface area (Å²) in [5.41, 5.74) is -0.948. The third kappa shape index (κ3) is 2.47. The van der Waals surface area contributed by atoms with Crippen molar-refractivity contribution in [2.45, 2.75) is 6.18 Å². The van der Waals surface area contributed by atoms with Crippen molar-refractivity contribution >= 4 is 21.9 Å². The van der Waals surface area contributed by atoms with E-state index in [1.54, 1.807) is 0 Å². The van der Waals surface area contributed by atoms with Crippen molar-refractivity contribution in [2.24, 2.45) is 0 Å². The molecule has 0 unspecified atom stereocenters. The number of alkyl halides is 3. The summed E-state index contributed by atoms with van der Waals surface area (Å²) in [5.74, 6) is -0.112. The smallest absolute Gasteiger partial charge is 0.341 e. The van der Waals surface area contributed by atoms with Gasteiger partial charge >= 0.3 is 12.2 Å². The molecule has 18 heavy (non-hydrogen) atoms. The molecule has 0 saturated carbocycles. The number of aromatic nitrogens is 2. The van der Waals surface area contributed by atoms with E-state index in [9.17, 15) is 13.2 Å². The number of anilines is 1. The zero-order valence-electron chi connectivity index (χ0n) is 9.05. The lowest BCUT2D eigenvalue weighted by Gasteiger charge is -2.10. The first-order chi connectivity index (χ1) is 8.41. The number of nitrogens with zero attached hydrogens (tertiary/aromatic N) is 2. The molecule has 0 aliphatic heterocycles. The third-order valence-corrected chi connectivity index (χ3v) is 2.66. The van der Waals surface area contributed by atoms with Crippen LogP contribution < -0.4 is 5.32 Å². The molecule has 0 fully saturated rings. The van der Waals surface area contributed by atoms with E-state index in [2.05, 4.69) is 31.4 Å². The fraction of sp³-hybridized carbons (Fsp3) is 0.200. The number of hydrogen-bond acceptors (Lipinski definition) is 4. The Morgan fingerprint density at radius 2 is 2.06 bits per heavy atom. The zero-order chi connectivity index (χ0) is 13.3. The molecular formula is C10H7BrF3N3O. The molecule has 0 amide bonds. The van der Waals surface area contributed by atoms with E-state index in [0.717, 1.165) is 6.07 Å². The molecule has 96 valence electrons. The molecule has 2 aromatic rings. The van der Waals surface area contributed by atoms with E-state index in [1.807, 2.05) is 0 Å².